The van der Waals surface area contributed by atoms with E-state index in [1.807, 2.05) is 63.1 Å². The summed E-state index contributed by atoms with van der Waals surface area (Å²) in [5, 5.41) is 0. The Balaban J connectivity index is 1.55. The first-order chi connectivity index (χ1) is 17.8. The van der Waals surface area contributed by atoms with Gasteiger partial charge >= 0.3 is 0 Å². The van der Waals surface area contributed by atoms with Crippen LogP contribution in [-0.2, 0) is 21.4 Å². The maximum Gasteiger partial charge on any atom is 0.242 e. The van der Waals surface area contributed by atoms with E-state index in [9.17, 15) is 4.79 Å². The molecular weight excluding hydrogens is 464 g/mol. The second kappa shape index (κ2) is 9.71. The van der Waals surface area contributed by atoms with E-state index in [0.29, 0.717) is 24.1 Å². The molecule has 0 bridgehead atoms. The third-order valence-corrected chi connectivity index (χ3v) is 6.87. The summed E-state index contributed by atoms with van der Waals surface area (Å²) in [4.78, 5) is 35.4. The number of hydrogen-bond donors (Lipinski definition) is 0. The standard InChI is InChI=1S/C29H30N6O2/c1-19-31-15-22(16-32-19)21-10-11-23-25(14-21)35(28(36)29(23,2)3)27-18-30-17-26(33-27)34(4)24-9-7-6-8-20(24)12-13-37-5/h6-11,14-18H,12-13H2,1-5H3. The molecule has 0 N–H and O–H groups in total. The third kappa shape index (κ3) is 4.44. The highest BCUT2D eigenvalue weighted by molar-refractivity contribution is 6.12. The topological polar surface area (TPSA) is 84.3 Å². The first-order valence-electron chi connectivity index (χ1n) is 12.2. The van der Waals surface area contributed by atoms with Crippen LogP contribution in [0.2, 0.25) is 0 Å². The van der Waals surface area contributed by atoms with Crippen LogP contribution in [0, 0.1) is 6.92 Å². The van der Waals surface area contributed by atoms with Gasteiger partial charge in [-0.1, -0.05) is 30.3 Å². The number of carbonyl (C=O) groups is 1. The molecule has 0 fully saturated rings. The predicted molar refractivity (Wildman–Crippen MR) is 144 cm³/mol. The number of aromatic nitrogens is 4. The van der Waals surface area contributed by atoms with Gasteiger partial charge in [-0.3, -0.25) is 14.7 Å². The van der Waals surface area contributed by atoms with Gasteiger partial charge < -0.3 is 9.64 Å². The van der Waals surface area contributed by atoms with Gasteiger partial charge in [-0.15, -0.1) is 0 Å². The molecule has 188 valence electrons. The highest BCUT2D eigenvalue weighted by atomic mass is 16.5. The lowest BCUT2D eigenvalue weighted by atomic mass is 9.85. The van der Waals surface area contributed by atoms with E-state index in [4.69, 9.17) is 9.72 Å². The van der Waals surface area contributed by atoms with Gasteiger partial charge in [0.1, 0.15) is 5.82 Å². The largest absolute Gasteiger partial charge is 0.384 e. The molecule has 1 amide bonds. The zero-order chi connectivity index (χ0) is 26.2. The number of methoxy groups -OCH3 is 1. The van der Waals surface area contributed by atoms with Crippen molar-refractivity contribution in [1.82, 2.24) is 19.9 Å². The predicted octanol–water partition coefficient (Wildman–Crippen LogP) is 5.15. The molecule has 0 atom stereocenters. The van der Waals surface area contributed by atoms with Crippen LogP contribution in [0.3, 0.4) is 0 Å². The molecule has 0 spiro atoms. The zero-order valence-electron chi connectivity index (χ0n) is 21.8. The minimum absolute atomic E-state index is 0.0468. The number of para-hydroxylation sites is 1. The Morgan fingerprint density at radius 1 is 1.00 bits per heavy atom. The molecule has 37 heavy (non-hydrogen) atoms. The Labute approximate surface area is 217 Å². The number of aryl methyl sites for hydroxylation is 1. The van der Waals surface area contributed by atoms with Crippen LogP contribution in [0.4, 0.5) is 23.0 Å². The molecule has 2 aromatic carbocycles. The molecule has 2 aromatic heterocycles. The molecule has 0 saturated carbocycles. The number of fused-ring (bicyclic) bond motifs is 1. The number of amides is 1. The van der Waals surface area contributed by atoms with E-state index in [0.717, 1.165) is 40.0 Å². The quantitative estimate of drug-likeness (QED) is 0.351. The molecule has 0 saturated heterocycles. The van der Waals surface area contributed by atoms with Crippen molar-refractivity contribution < 1.29 is 9.53 Å². The molecule has 4 aromatic rings. The monoisotopic (exact) mass is 494 g/mol. The summed E-state index contributed by atoms with van der Waals surface area (Å²) in [6, 6.07) is 14.2. The summed E-state index contributed by atoms with van der Waals surface area (Å²) in [6.45, 7) is 6.36. The average Bonchev–Trinajstić information content (AvgIpc) is 3.12. The summed E-state index contributed by atoms with van der Waals surface area (Å²) < 4.78 is 5.29. The van der Waals surface area contributed by atoms with Gasteiger partial charge in [-0.2, -0.15) is 0 Å². The first-order valence-corrected chi connectivity index (χ1v) is 12.2. The molecule has 0 radical (unpaired) electrons. The summed E-state index contributed by atoms with van der Waals surface area (Å²) >= 11 is 0. The summed E-state index contributed by atoms with van der Waals surface area (Å²) in [5.41, 5.74) is 5.02. The summed E-state index contributed by atoms with van der Waals surface area (Å²) in [7, 11) is 3.66. The Hall–Kier alpha value is -4.17. The van der Waals surface area contributed by atoms with Crippen molar-refractivity contribution in [2.75, 3.05) is 30.6 Å². The van der Waals surface area contributed by atoms with E-state index < -0.39 is 5.41 Å². The highest BCUT2D eigenvalue weighted by Crippen LogP contribution is 2.46. The van der Waals surface area contributed by atoms with Gasteiger partial charge in [-0.25, -0.2) is 15.0 Å². The molecule has 1 aliphatic heterocycles. The maximum absolute atomic E-state index is 13.7. The number of rotatable bonds is 7. The number of benzene rings is 2. The van der Waals surface area contributed by atoms with E-state index >= 15 is 0 Å². The molecule has 0 aliphatic carbocycles. The maximum atomic E-state index is 13.7. The van der Waals surface area contributed by atoms with E-state index in [-0.39, 0.29) is 5.91 Å². The van der Waals surface area contributed by atoms with E-state index in [1.165, 1.54) is 0 Å². The van der Waals surface area contributed by atoms with Gasteiger partial charge in [0.2, 0.25) is 5.91 Å². The molecule has 3 heterocycles. The fraction of sp³-hybridized carbons (Fsp3) is 0.276. The number of ether oxygens (including phenoxy) is 1. The summed E-state index contributed by atoms with van der Waals surface area (Å²) in [5.74, 6) is 1.79. The lowest BCUT2D eigenvalue weighted by Crippen LogP contribution is -2.33. The Morgan fingerprint density at radius 2 is 1.76 bits per heavy atom. The molecule has 8 heteroatoms. The molecular formula is C29H30N6O2. The van der Waals surface area contributed by atoms with Gasteiger partial charge in [0.05, 0.1) is 30.1 Å². The first kappa shape index (κ1) is 24.5. The second-order valence-electron chi connectivity index (χ2n) is 9.68. The van der Waals surface area contributed by atoms with Gasteiger partial charge in [0.25, 0.3) is 0 Å². The van der Waals surface area contributed by atoms with Crippen molar-refractivity contribution in [3.63, 3.8) is 0 Å². The minimum atomic E-state index is -0.700. The molecule has 1 aliphatic rings. The van der Waals surface area contributed by atoms with Crippen LogP contribution in [0.1, 0.15) is 30.8 Å². The SMILES string of the molecule is COCCc1ccccc1N(C)c1cncc(N2C(=O)C(C)(C)c3ccc(-c4cnc(C)nc4)cc32)n1. The lowest BCUT2D eigenvalue weighted by Gasteiger charge is -2.24. The van der Waals surface area contributed by atoms with Crippen LogP contribution in [0.15, 0.2) is 67.3 Å². The number of anilines is 4. The summed E-state index contributed by atoms with van der Waals surface area (Å²) in [6.07, 6.45) is 7.73. The molecule has 0 unspecified atom stereocenters. The highest BCUT2D eigenvalue weighted by Gasteiger charge is 2.45. The minimum Gasteiger partial charge on any atom is -0.384 e. The normalized spacial score (nSPS) is 14.1. The average molecular weight is 495 g/mol. The Kier molecular flexibility index (Phi) is 6.43. The smallest absolute Gasteiger partial charge is 0.242 e. The number of nitrogens with zero attached hydrogens (tertiary/aromatic N) is 6. The lowest BCUT2D eigenvalue weighted by molar-refractivity contribution is -0.121. The van der Waals surface area contributed by atoms with Gasteiger partial charge in [0.15, 0.2) is 11.6 Å². The van der Waals surface area contributed by atoms with Crippen molar-refractivity contribution in [2.45, 2.75) is 32.6 Å². The van der Waals surface area contributed by atoms with Crippen LogP contribution < -0.4 is 9.80 Å². The van der Waals surface area contributed by atoms with Crippen molar-refractivity contribution in [3.05, 3.63) is 84.2 Å². The second-order valence-corrected chi connectivity index (χ2v) is 9.68. The van der Waals surface area contributed by atoms with Crippen molar-refractivity contribution in [3.8, 4) is 11.1 Å². The van der Waals surface area contributed by atoms with E-state index in [1.54, 1.807) is 36.8 Å². The Morgan fingerprint density at radius 3 is 2.51 bits per heavy atom. The number of hydrogen-bond acceptors (Lipinski definition) is 7. The van der Waals surface area contributed by atoms with Crippen LogP contribution in [-0.4, -0.2) is 46.6 Å². The van der Waals surface area contributed by atoms with Crippen molar-refractivity contribution >= 4 is 28.9 Å². The third-order valence-electron chi connectivity index (χ3n) is 6.87. The Bertz CT molecular complexity index is 1450. The zero-order valence-corrected chi connectivity index (χ0v) is 21.8. The van der Waals surface area contributed by atoms with Crippen molar-refractivity contribution in [1.29, 1.82) is 0 Å². The van der Waals surface area contributed by atoms with Crippen LogP contribution >= 0.6 is 0 Å². The fourth-order valence-corrected chi connectivity index (χ4v) is 4.70. The van der Waals surface area contributed by atoms with Gasteiger partial charge in [0, 0.05) is 37.8 Å². The van der Waals surface area contributed by atoms with Gasteiger partial charge in [-0.05, 0) is 56.0 Å². The fourth-order valence-electron chi connectivity index (χ4n) is 4.70. The molecule has 5 rings (SSSR count). The van der Waals surface area contributed by atoms with E-state index in [2.05, 4.69) is 27.1 Å². The van der Waals surface area contributed by atoms with Crippen LogP contribution in [0.5, 0.6) is 0 Å². The van der Waals surface area contributed by atoms with Crippen LogP contribution in [0.25, 0.3) is 11.1 Å². The number of carbonyl (C=O) groups excluding carboxylic acids is 1. The van der Waals surface area contributed by atoms with Crippen molar-refractivity contribution in [2.24, 2.45) is 0 Å². The molecule has 8 nitrogen and oxygen atoms in total.